The number of para-hydroxylation sites is 1. The molecule has 0 amide bonds. The fraction of sp³-hybridized carbons (Fsp3) is 0.182. The number of hydrogen-bond donors (Lipinski definition) is 1. The molecular weight excluding hydrogens is 220 g/mol. The summed E-state index contributed by atoms with van der Waals surface area (Å²) in [5, 5.41) is 2.69. The molecule has 2 rings (SSSR count). The third-order valence-electron chi connectivity index (χ3n) is 2.43. The summed E-state index contributed by atoms with van der Waals surface area (Å²) in [6.07, 6.45) is 0. The Kier molecular flexibility index (Phi) is 2.78. The number of anilines is 1. The van der Waals surface area contributed by atoms with Crippen LogP contribution in [0.15, 0.2) is 39.9 Å². The first-order valence-corrected chi connectivity index (χ1v) is 5.08. The zero-order valence-corrected chi connectivity index (χ0v) is 9.54. The second-order valence-corrected chi connectivity index (χ2v) is 3.48. The molecule has 0 atom stereocenters. The van der Waals surface area contributed by atoms with Gasteiger partial charge in [-0.2, -0.15) is 4.98 Å². The Bertz CT molecular complexity index is 643. The maximum absolute atomic E-state index is 12.0. The molecule has 0 aliphatic rings. The third-order valence-corrected chi connectivity index (χ3v) is 2.43. The molecule has 0 saturated heterocycles. The number of aromatic nitrogens is 3. The lowest BCUT2D eigenvalue weighted by Gasteiger charge is -2.09. The number of nitrogens with zero attached hydrogens (tertiary/aromatic N) is 3. The third kappa shape index (κ3) is 1.84. The van der Waals surface area contributed by atoms with E-state index in [0.717, 1.165) is 4.57 Å². The van der Waals surface area contributed by atoms with Gasteiger partial charge in [0.15, 0.2) is 0 Å². The predicted octanol–water partition coefficient (Wildman–Crippen LogP) is -0.0271. The summed E-state index contributed by atoms with van der Waals surface area (Å²) in [5.41, 5.74) is -0.516. The SMILES string of the molecule is CNc1nc(=O)n(-c2ccccc2)c(=O)n1C. The first-order chi connectivity index (χ1) is 8.15. The van der Waals surface area contributed by atoms with Crippen LogP contribution in [0.3, 0.4) is 0 Å². The summed E-state index contributed by atoms with van der Waals surface area (Å²) in [5.74, 6) is 0.243. The highest BCUT2D eigenvalue weighted by atomic mass is 16.2. The molecule has 17 heavy (non-hydrogen) atoms. The molecule has 1 aromatic carbocycles. The van der Waals surface area contributed by atoms with Crippen molar-refractivity contribution in [1.82, 2.24) is 14.1 Å². The van der Waals surface area contributed by atoms with Crippen molar-refractivity contribution in [1.29, 1.82) is 0 Å². The Morgan fingerprint density at radius 3 is 2.41 bits per heavy atom. The van der Waals surface area contributed by atoms with Crippen molar-refractivity contribution in [3.63, 3.8) is 0 Å². The molecule has 1 heterocycles. The zero-order chi connectivity index (χ0) is 12.4. The lowest BCUT2D eigenvalue weighted by molar-refractivity contribution is 0.702. The van der Waals surface area contributed by atoms with Crippen molar-refractivity contribution in [3.8, 4) is 5.69 Å². The second-order valence-electron chi connectivity index (χ2n) is 3.48. The fourth-order valence-corrected chi connectivity index (χ4v) is 1.56. The summed E-state index contributed by atoms with van der Waals surface area (Å²) in [7, 11) is 3.16. The monoisotopic (exact) mass is 232 g/mol. The molecule has 1 aromatic heterocycles. The van der Waals surface area contributed by atoms with Crippen LogP contribution in [0.2, 0.25) is 0 Å². The highest BCUT2D eigenvalue weighted by molar-refractivity contribution is 5.32. The van der Waals surface area contributed by atoms with E-state index in [0.29, 0.717) is 5.69 Å². The Morgan fingerprint density at radius 2 is 1.82 bits per heavy atom. The number of benzene rings is 1. The van der Waals surface area contributed by atoms with Crippen LogP contribution in [0.4, 0.5) is 5.95 Å². The van der Waals surface area contributed by atoms with Crippen molar-refractivity contribution >= 4 is 5.95 Å². The van der Waals surface area contributed by atoms with Crippen LogP contribution in [-0.2, 0) is 7.05 Å². The smallest absolute Gasteiger partial charge is 0.358 e. The van der Waals surface area contributed by atoms with E-state index >= 15 is 0 Å². The first-order valence-electron chi connectivity index (χ1n) is 5.08. The van der Waals surface area contributed by atoms with E-state index in [1.807, 2.05) is 6.07 Å². The van der Waals surface area contributed by atoms with Crippen molar-refractivity contribution in [2.75, 3.05) is 12.4 Å². The Hall–Kier alpha value is -2.37. The van der Waals surface area contributed by atoms with Gasteiger partial charge < -0.3 is 5.32 Å². The van der Waals surface area contributed by atoms with Gasteiger partial charge in [-0.25, -0.2) is 14.2 Å². The van der Waals surface area contributed by atoms with Crippen LogP contribution in [-0.4, -0.2) is 21.2 Å². The first kappa shape index (κ1) is 11.1. The average molecular weight is 232 g/mol. The van der Waals surface area contributed by atoms with Crippen LogP contribution in [0, 0.1) is 0 Å². The van der Waals surface area contributed by atoms with Gasteiger partial charge in [-0.3, -0.25) is 4.57 Å². The lowest BCUT2D eigenvalue weighted by atomic mass is 10.3. The van der Waals surface area contributed by atoms with Crippen LogP contribution in [0.1, 0.15) is 0 Å². The summed E-state index contributed by atoms with van der Waals surface area (Å²) in [6.45, 7) is 0. The molecule has 0 aliphatic heterocycles. The lowest BCUT2D eigenvalue weighted by Crippen LogP contribution is -2.40. The molecule has 0 spiro atoms. The minimum absolute atomic E-state index is 0.243. The molecule has 6 heteroatoms. The Balaban J connectivity index is 2.77. The van der Waals surface area contributed by atoms with Gasteiger partial charge in [-0.15, -0.1) is 0 Å². The molecule has 1 N–H and O–H groups in total. The van der Waals surface area contributed by atoms with Gasteiger partial charge >= 0.3 is 11.4 Å². The fourth-order valence-electron chi connectivity index (χ4n) is 1.56. The minimum atomic E-state index is -0.594. The molecule has 88 valence electrons. The van der Waals surface area contributed by atoms with E-state index in [1.54, 1.807) is 38.4 Å². The maximum Gasteiger partial charge on any atom is 0.359 e. The summed E-state index contributed by atoms with van der Waals surface area (Å²) < 4.78 is 2.31. The summed E-state index contributed by atoms with van der Waals surface area (Å²) in [4.78, 5) is 27.6. The molecular formula is C11H12N4O2. The highest BCUT2D eigenvalue weighted by Gasteiger charge is 2.10. The molecule has 0 bridgehead atoms. The van der Waals surface area contributed by atoms with Gasteiger partial charge in [0.2, 0.25) is 5.95 Å². The van der Waals surface area contributed by atoms with Crippen LogP contribution < -0.4 is 16.7 Å². The van der Waals surface area contributed by atoms with Gasteiger partial charge in [0, 0.05) is 14.1 Å². The van der Waals surface area contributed by atoms with Crippen LogP contribution >= 0.6 is 0 Å². The molecule has 0 aliphatic carbocycles. The van der Waals surface area contributed by atoms with Gasteiger partial charge in [0.25, 0.3) is 0 Å². The standard InChI is InChI=1S/C11H12N4O2/c1-12-9-13-10(16)15(11(17)14(9)2)8-6-4-3-5-7-8/h3-7H,1-2H3,(H,12,13,16). The van der Waals surface area contributed by atoms with Crippen LogP contribution in [0.25, 0.3) is 5.69 Å². The normalized spacial score (nSPS) is 10.2. The average Bonchev–Trinajstić information content (AvgIpc) is 2.35. The van der Waals surface area contributed by atoms with Crippen LogP contribution in [0.5, 0.6) is 0 Å². The number of rotatable bonds is 2. The minimum Gasteiger partial charge on any atom is -0.358 e. The number of hydrogen-bond acceptors (Lipinski definition) is 4. The van der Waals surface area contributed by atoms with Crippen molar-refractivity contribution in [3.05, 3.63) is 51.3 Å². The molecule has 6 nitrogen and oxygen atoms in total. The highest BCUT2D eigenvalue weighted by Crippen LogP contribution is 2.01. The second kappa shape index (κ2) is 4.25. The topological polar surface area (TPSA) is 68.9 Å². The zero-order valence-electron chi connectivity index (χ0n) is 9.54. The Morgan fingerprint density at radius 1 is 1.18 bits per heavy atom. The summed E-state index contributed by atoms with van der Waals surface area (Å²) in [6, 6.07) is 8.70. The van der Waals surface area contributed by atoms with Crippen molar-refractivity contribution in [2.24, 2.45) is 7.05 Å². The Labute approximate surface area is 97.2 Å². The number of nitrogens with one attached hydrogen (secondary N) is 1. The quantitative estimate of drug-likeness (QED) is 0.789. The molecule has 2 aromatic rings. The van der Waals surface area contributed by atoms with E-state index in [1.165, 1.54) is 4.57 Å². The van der Waals surface area contributed by atoms with Gasteiger partial charge in [0.1, 0.15) is 0 Å². The van der Waals surface area contributed by atoms with Gasteiger partial charge in [0.05, 0.1) is 5.69 Å². The largest absolute Gasteiger partial charge is 0.359 e. The van der Waals surface area contributed by atoms with Gasteiger partial charge in [-0.1, -0.05) is 18.2 Å². The van der Waals surface area contributed by atoms with E-state index < -0.39 is 11.4 Å². The van der Waals surface area contributed by atoms with Gasteiger partial charge in [-0.05, 0) is 12.1 Å². The molecule has 0 saturated carbocycles. The predicted molar refractivity (Wildman–Crippen MR) is 64.6 cm³/mol. The molecule has 0 radical (unpaired) electrons. The van der Waals surface area contributed by atoms with Crippen molar-refractivity contribution < 1.29 is 0 Å². The molecule has 0 unspecified atom stereocenters. The molecule has 0 fully saturated rings. The van der Waals surface area contributed by atoms with Crippen molar-refractivity contribution in [2.45, 2.75) is 0 Å². The maximum atomic E-state index is 12.0. The van der Waals surface area contributed by atoms with E-state index in [-0.39, 0.29) is 5.95 Å². The van der Waals surface area contributed by atoms with E-state index in [2.05, 4.69) is 10.3 Å². The van der Waals surface area contributed by atoms with E-state index in [9.17, 15) is 9.59 Å². The van der Waals surface area contributed by atoms with E-state index in [4.69, 9.17) is 0 Å². The summed E-state index contributed by atoms with van der Waals surface area (Å²) >= 11 is 0.